The van der Waals surface area contributed by atoms with Crippen LogP contribution in [0.1, 0.15) is 5.82 Å². The van der Waals surface area contributed by atoms with Crippen LogP contribution in [-0.4, -0.2) is 21.5 Å². The number of aromatic nitrogens is 2. The molecule has 1 aromatic carbocycles. The lowest BCUT2D eigenvalue weighted by Crippen LogP contribution is -1.88. The summed E-state index contributed by atoms with van der Waals surface area (Å²) in [7, 11) is 0. The van der Waals surface area contributed by atoms with Crippen LogP contribution in [-0.2, 0) is 5.75 Å². The molecule has 0 aliphatic heterocycles. The first-order valence-electron chi connectivity index (χ1n) is 4.61. The highest BCUT2D eigenvalue weighted by Crippen LogP contribution is 2.32. The zero-order valence-electron chi connectivity index (χ0n) is 8.67. The van der Waals surface area contributed by atoms with Gasteiger partial charge >= 0.3 is 0 Å². The van der Waals surface area contributed by atoms with Gasteiger partial charge in [-0.2, -0.15) is 16.7 Å². The van der Waals surface area contributed by atoms with E-state index in [9.17, 15) is 5.11 Å². The lowest BCUT2D eigenvalue weighted by atomic mass is 10.2. The molecular formula is C10H11N3O2S. The topological polar surface area (TPSA) is 85.2 Å². The number of nitrogen functional groups attached to an aromatic ring is 1. The van der Waals surface area contributed by atoms with E-state index in [1.54, 1.807) is 30.0 Å². The highest BCUT2D eigenvalue weighted by molar-refractivity contribution is 7.97. The van der Waals surface area contributed by atoms with Crippen LogP contribution in [0.3, 0.4) is 0 Å². The molecule has 2 aromatic rings. The number of phenolic OH excluding ortho intramolecular Hbond substituents is 1. The molecule has 0 aliphatic carbocycles. The number of nitrogens with two attached hydrogens (primary N) is 1. The minimum absolute atomic E-state index is 0.0261. The SMILES string of the molecule is CSCc1noc(-c2cccc(N)c2O)n1. The molecule has 3 N–H and O–H groups in total. The van der Waals surface area contributed by atoms with E-state index in [4.69, 9.17) is 10.3 Å². The van der Waals surface area contributed by atoms with Crippen molar-refractivity contribution in [3.8, 4) is 17.2 Å². The van der Waals surface area contributed by atoms with Gasteiger partial charge in [-0.05, 0) is 18.4 Å². The van der Waals surface area contributed by atoms with Crippen LogP contribution in [0, 0.1) is 0 Å². The quantitative estimate of drug-likeness (QED) is 0.626. The monoisotopic (exact) mass is 237 g/mol. The third kappa shape index (κ3) is 1.96. The molecule has 0 aliphatic rings. The lowest BCUT2D eigenvalue weighted by Gasteiger charge is -2.01. The van der Waals surface area contributed by atoms with Gasteiger partial charge in [-0.25, -0.2) is 0 Å². The van der Waals surface area contributed by atoms with Crippen LogP contribution in [0.15, 0.2) is 22.7 Å². The summed E-state index contributed by atoms with van der Waals surface area (Å²) in [6.45, 7) is 0. The third-order valence-electron chi connectivity index (χ3n) is 2.04. The van der Waals surface area contributed by atoms with E-state index in [0.717, 1.165) is 0 Å². The summed E-state index contributed by atoms with van der Waals surface area (Å²) in [6.07, 6.45) is 1.95. The minimum Gasteiger partial charge on any atom is -0.505 e. The maximum atomic E-state index is 9.73. The molecule has 0 radical (unpaired) electrons. The molecule has 1 heterocycles. The molecular weight excluding hydrogens is 226 g/mol. The first-order valence-corrected chi connectivity index (χ1v) is 6.01. The molecule has 16 heavy (non-hydrogen) atoms. The molecule has 0 bridgehead atoms. The molecule has 5 nitrogen and oxygen atoms in total. The lowest BCUT2D eigenvalue weighted by molar-refractivity contribution is 0.420. The van der Waals surface area contributed by atoms with E-state index in [1.807, 2.05) is 6.26 Å². The highest BCUT2D eigenvalue weighted by atomic mass is 32.2. The summed E-state index contributed by atoms with van der Waals surface area (Å²) >= 11 is 1.60. The number of nitrogens with zero attached hydrogens (tertiary/aromatic N) is 2. The van der Waals surface area contributed by atoms with Crippen LogP contribution in [0.5, 0.6) is 5.75 Å². The Morgan fingerprint density at radius 2 is 2.31 bits per heavy atom. The fourth-order valence-corrected chi connectivity index (χ4v) is 1.66. The molecule has 6 heteroatoms. The van der Waals surface area contributed by atoms with E-state index in [2.05, 4.69) is 10.1 Å². The molecule has 0 saturated carbocycles. The van der Waals surface area contributed by atoms with Crippen LogP contribution in [0.4, 0.5) is 5.69 Å². The van der Waals surface area contributed by atoms with Crippen LogP contribution in [0.25, 0.3) is 11.5 Å². The van der Waals surface area contributed by atoms with Crippen molar-refractivity contribution in [1.29, 1.82) is 0 Å². The molecule has 1 aromatic heterocycles. The van der Waals surface area contributed by atoms with Crippen LogP contribution < -0.4 is 5.73 Å². The minimum atomic E-state index is -0.0261. The zero-order valence-corrected chi connectivity index (χ0v) is 9.49. The Labute approximate surface area is 96.7 Å². The van der Waals surface area contributed by atoms with Crippen LogP contribution in [0.2, 0.25) is 0 Å². The zero-order chi connectivity index (χ0) is 11.5. The largest absolute Gasteiger partial charge is 0.505 e. The molecule has 84 valence electrons. The van der Waals surface area contributed by atoms with Gasteiger partial charge < -0.3 is 15.4 Å². The fraction of sp³-hybridized carbons (Fsp3) is 0.200. The Morgan fingerprint density at radius 1 is 1.50 bits per heavy atom. The number of aromatic hydroxyl groups is 1. The van der Waals surface area contributed by atoms with Crippen molar-refractivity contribution >= 4 is 17.4 Å². The number of anilines is 1. The van der Waals surface area contributed by atoms with Gasteiger partial charge in [0.25, 0.3) is 5.89 Å². The number of phenols is 1. The molecule has 0 fully saturated rings. The standard InChI is InChI=1S/C10H11N3O2S/c1-16-5-8-12-10(15-13-8)6-3-2-4-7(11)9(6)14/h2-4,14H,5,11H2,1H3. The Hall–Kier alpha value is -1.69. The average Bonchev–Trinajstić information content (AvgIpc) is 2.71. The van der Waals surface area contributed by atoms with Crippen molar-refractivity contribution in [2.75, 3.05) is 12.0 Å². The number of hydrogen-bond donors (Lipinski definition) is 2. The first kappa shape index (κ1) is 10.8. The smallest absolute Gasteiger partial charge is 0.261 e. The second-order valence-corrected chi connectivity index (χ2v) is 4.06. The second-order valence-electron chi connectivity index (χ2n) is 3.19. The summed E-state index contributed by atoms with van der Waals surface area (Å²) in [5.74, 6) is 1.53. The van der Waals surface area contributed by atoms with Gasteiger partial charge in [0.2, 0.25) is 0 Å². The van der Waals surface area contributed by atoms with Gasteiger partial charge in [0, 0.05) is 0 Å². The van der Waals surface area contributed by atoms with Gasteiger partial charge in [-0.15, -0.1) is 0 Å². The summed E-state index contributed by atoms with van der Waals surface area (Å²) in [5.41, 5.74) is 6.33. The van der Waals surface area contributed by atoms with E-state index < -0.39 is 0 Å². The van der Waals surface area contributed by atoms with Gasteiger partial charge in [0.05, 0.1) is 17.0 Å². The van der Waals surface area contributed by atoms with Crippen molar-refractivity contribution in [2.45, 2.75) is 5.75 Å². The highest BCUT2D eigenvalue weighted by Gasteiger charge is 2.13. The van der Waals surface area contributed by atoms with Crippen LogP contribution >= 0.6 is 11.8 Å². The number of benzene rings is 1. The number of hydrogen-bond acceptors (Lipinski definition) is 6. The Balaban J connectivity index is 2.39. The van der Waals surface area contributed by atoms with Gasteiger partial charge in [-0.3, -0.25) is 0 Å². The fourth-order valence-electron chi connectivity index (χ4n) is 1.29. The summed E-state index contributed by atoms with van der Waals surface area (Å²) < 4.78 is 5.05. The summed E-state index contributed by atoms with van der Waals surface area (Å²) in [4.78, 5) is 4.16. The predicted molar refractivity (Wildman–Crippen MR) is 63.0 cm³/mol. The molecule has 0 amide bonds. The molecule has 0 saturated heterocycles. The van der Waals surface area contributed by atoms with E-state index >= 15 is 0 Å². The summed E-state index contributed by atoms with van der Waals surface area (Å²) in [6, 6.07) is 5.02. The molecule has 0 spiro atoms. The molecule has 0 atom stereocenters. The molecule has 0 unspecified atom stereocenters. The van der Waals surface area contributed by atoms with Crippen molar-refractivity contribution < 1.29 is 9.63 Å². The number of thioether (sulfide) groups is 1. The van der Waals surface area contributed by atoms with Gasteiger partial charge in [0.1, 0.15) is 0 Å². The Bertz CT molecular complexity index is 499. The first-order chi connectivity index (χ1) is 7.72. The van der Waals surface area contributed by atoms with E-state index in [-0.39, 0.29) is 11.6 Å². The van der Waals surface area contributed by atoms with Crippen molar-refractivity contribution in [3.63, 3.8) is 0 Å². The second kappa shape index (κ2) is 4.44. The van der Waals surface area contributed by atoms with Gasteiger partial charge in [-0.1, -0.05) is 11.2 Å². The van der Waals surface area contributed by atoms with Gasteiger partial charge in [0.15, 0.2) is 11.6 Å². The van der Waals surface area contributed by atoms with E-state index in [1.165, 1.54) is 0 Å². The molecule has 2 rings (SSSR count). The maximum Gasteiger partial charge on any atom is 0.261 e. The number of rotatable bonds is 3. The maximum absolute atomic E-state index is 9.73. The number of para-hydroxylation sites is 1. The Kier molecular flexibility index (Phi) is 3.00. The van der Waals surface area contributed by atoms with Crippen molar-refractivity contribution in [2.24, 2.45) is 0 Å². The van der Waals surface area contributed by atoms with Crippen molar-refractivity contribution in [3.05, 3.63) is 24.0 Å². The third-order valence-corrected chi connectivity index (χ3v) is 2.59. The Morgan fingerprint density at radius 3 is 3.06 bits per heavy atom. The summed E-state index contributed by atoms with van der Waals surface area (Å²) in [5, 5.41) is 13.5. The van der Waals surface area contributed by atoms with Crippen molar-refractivity contribution in [1.82, 2.24) is 10.1 Å². The predicted octanol–water partition coefficient (Wildman–Crippen LogP) is 1.89. The average molecular weight is 237 g/mol. The normalized spacial score (nSPS) is 10.6. The van der Waals surface area contributed by atoms with E-state index in [0.29, 0.717) is 22.8 Å².